The molecule has 0 aliphatic rings. The molecule has 0 saturated carbocycles. The van der Waals surface area contributed by atoms with E-state index >= 15 is 0 Å². The number of nitrogens with one attached hydrogen (secondary N) is 1. The minimum atomic E-state index is -4.11. The van der Waals surface area contributed by atoms with Gasteiger partial charge in [0.1, 0.15) is 0 Å². The molecule has 98 valence electrons. The molecule has 1 aromatic heterocycles. The summed E-state index contributed by atoms with van der Waals surface area (Å²) in [6.07, 6.45) is -2.35. The van der Waals surface area contributed by atoms with E-state index in [1.165, 1.54) is 0 Å². The molecular formula is C11H18F3N3. The zero-order valence-electron chi connectivity index (χ0n) is 10.1. The van der Waals surface area contributed by atoms with Crippen molar-refractivity contribution in [1.82, 2.24) is 15.1 Å². The summed E-state index contributed by atoms with van der Waals surface area (Å²) < 4.78 is 38.3. The second kappa shape index (κ2) is 6.05. The SMILES string of the molecule is CCCNC(CCC(F)(F)F)c1ccnn1C. The van der Waals surface area contributed by atoms with Gasteiger partial charge < -0.3 is 5.32 Å². The van der Waals surface area contributed by atoms with E-state index in [1.807, 2.05) is 6.92 Å². The van der Waals surface area contributed by atoms with Gasteiger partial charge in [0.25, 0.3) is 0 Å². The highest BCUT2D eigenvalue weighted by atomic mass is 19.4. The summed E-state index contributed by atoms with van der Waals surface area (Å²) in [5.41, 5.74) is 0.794. The minimum absolute atomic E-state index is 0.0447. The summed E-state index contributed by atoms with van der Waals surface area (Å²) in [6.45, 7) is 2.69. The van der Waals surface area contributed by atoms with E-state index in [-0.39, 0.29) is 12.5 Å². The maximum atomic E-state index is 12.2. The fourth-order valence-corrected chi connectivity index (χ4v) is 1.71. The van der Waals surface area contributed by atoms with Crippen molar-refractivity contribution in [3.05, 3.63) is 18.0 Å². The van der Waals surface area contributed by atoms with Crippen molar-refractivity contribution in [2.24, 2.45) is 7.05 Å². The average Bonchev–Trinajstić information content (AvgIpc) is 2.63. The van der Waals surface area contributed by atoms with Crippen LogP contribution < -0.4 is 5.32 Å². The Hall–Kier alpha value is -1.04. The smallest absolute Gasteiger partial charge is 0.309 e. The van der Waals surface area contributed by atoms with Crippen molar-refractivity contribution in [2.75, 3.05) is 6.54 Å². The van der Waals surface area contributed by atoms with Crippen molar-refractivity contribution in [3.8, 4) is 0 Å². The molecule has 0 aromatic carbocycles. The highest BCUT2D eigenvalue weighted by molar-refractivity contribution is 5.06. The Morgan fingerprint density at radius 1 is 1.47 bits per heavy atom. The molecule has 1 heterocycles. The van der Waals surface area contributed by atoms with Crippen molar-refractivity contribution < 1.29 is 13.2 Å². The third kappa shape index (κ3) is 4.77. The summed E-state index contributed by atoms with van der Waals surface area (Å²) in [7, 11) is 1.74. The Morgan fingerprint density at radius 3 is 2.65 bits per heavy atom. The monoisotopic (exact) mass is 249 g/mol. The Bertz CT molecular complexity index is 333. The van der Waals surface area contributed by atoms with Gasteiger partial charge in [-0.15, -0.1) is 0 Å². The molecule has 6 heteroatoms. The first-order valence-corrected chi connectivity index (χ1v) is 5.72. The molecule has 1 unspecified atom stereocenters. The predicted molar refractivity (Wildman–Crippen MR) is 59.5 cm³/mol. The van der Waals surface area contributed by atoms with Crippen molar-refractivity contribution in [1.29, 1.82) is 0 Å². The van der Waals surface area contributed by atoms with Crippen LogP contribution in [0.15, 0.2) is 12.3 Å². The van der Waals surface area contributed by atoms with Crippen LogP contribution in [0.3, 0.4) is 0 Å². The van der Waals surface area contributed by atoms with Crippen LogP contribution in [0, 0.1) is 0 Å². The molecule has 0 bridgehead atoms. The second-order valence-corrected chi connectivity index (χ2v) is 4.04. The maximum Gasteiger partial charge on any atom is 0.389 e. The molecule has 0 aliphatic heterocycles. The zero-order valence-corrected chi connectivity index (χ0v) is 10.1. The van der Waals surface area contributed by atoms with E-state index in [0.717, 1.165) is 12.1 Å². The van der Waals surface area contributed by atoms with Gasteiger partial charge in [0.05, 0.1) is 5.69 Å². The number of hydrogen-bond acceptors (Lipinski definition) is 2. The fraction of sp³-hybridized carbons (Fsp3) is 0.727. The van der Waals surface area contributed by atoms with Gasteiger partial charge in [-0.3, -0.25) is 4.68 Å². The highest BCUT2D eigenvalue weighted by Crippen LogP contribution is 2.27. The average molecular weight is 249 g/mol. The van der Waals surface area contributed by atoms with Crippen LogP contribution in [0.25, 0.3) is 0 Å². The first-order chi connectivity index (χ1) is 7.94. The van der Waals surface area contributed by atoms with E-state index < -0.39 is 12.6 Å². The maximum absolute atomic E-state index is 12.2. The molecule has 0 radical (unpaired) electrons. The summed E-state index contributed by atoms with van der Waals surface area (Å²) >= 11 is 0. The minimum Gasteiger partial charge on any atom is -0.309 e. The van der Waals surface area contributed by atoms with Gasteiger partial charge in [0.15, 0.2) is 0 Å². The van der Waals surface area contributed by atoms with Crippen LogP contribution in [-0.2, 0) is 7.05 Å². The van der Waals surface area contributed by atoms with Crippen LogP contribution in [-0.4, -0.2) is 22.5 Å². The molecule has 0 fully saturated rings. The van der Waals surface area contributed by atoms with Crippen LogP contribution in [0.2, 0.25) is 0 Å². The van der Waals surface area contributed by atoms with E-state index in [4.69, 9.17) is 0 Å². The Labute approximate surface area is 99.0 Å². The lowest BCUT2D eigenvalue weighted by molar-refractivity contribution is -0.136. The molecule has 1 N–H and O–H groups in total. The van der Waals surface area contributed by atoms with Gasteiger partial charge in [0, 0.05) is 25.7 Å². The third-order valence-corrected chi connectivity index (χ3v) is 2.57. The molecule has 3 nitrogen and oxygen atoms in total. The summed E-state index contributed by atoms with van der Waals surface area (Å²) in [6, 6.07) is 1.47. The summed E-state index contributed by atoms with van der Waals surface area (Å²) in [4.78, 5) is 0. The molecule has 1 rings (SSSR count). The number of hydrogen-bond donors (Lipinski definition) is 1. The molecule has 0 aliphatic carbocycles. The molecule has 0 amide bonds. The normalized spacial score (nSPS) is 13.9. The van der Waals surface area contributed by atoms with Gasteiger partial charge in [-0.1, -0.05) is 6.92 Å². The summed E-state index contributed by atoms with van der Waals surface area (Å²) in [5, 5.41) is 7.11. The van der Waals surface area contributed by atoms with E-state index in [2.05, 4.69) is 10.4 Å². The lowest BCUT2D eigenvalue weighted by Crippen LogP contribution is -2.26. The van der Waals surface area contributed by atoms with Gasteiger partial charge in [-0.25, -0.2) is 0 Å². The standard InChI is InChI=1S/C11H18F3N3/c1-3-7-15-9(4-6-11(12,13)14)10-5-8-16-17(10)2/h5,8-9,15H,3-4,6-7H2,1-2H3. The largest absolute Gasteiger partial charge is 0.389 e. The van der Waals surface area contributed by atoms with Crippen molar-refractivity contribution in [3.63, 3.8) is 0 Å². The Kier molecular flexibility index (Phi) is 4.99. The third-order valence-electron chi connectivity index (χ3n) is 2.57. The van der Waals surface area contributed by atoms with Gasteiger partial charge in [0.2, 0.25) is 0 Å². The fourth-order valence-electron chi connectivity index (χ4n) is 1.71. The van der Waals surface area contributed by atoms with Crippen LogP contribution >= 0.6 is 0 Å². The van der Waals surface area contributed by atoms with Crippen molar-refractivity contribution >= 4 is 0 Å². The van der Waals surface area contributed by atoms with E-state index in [1.54, 1.807) is 24.0 Å². The number of aromatic nitrogens is 2. The lowest BCUT2D eigenvalue weighted by Gasteiger charge is -2.19. The Morgan fingerprint density at radius 2 is 2.18 bits per heavy atom. The number of aryl methyl sites for hydroxylation is 1. The molecule has 17 heavy (non-hydrogen) atoms. The molecule has 1 atom stereocenters. The number of rotatable bonds is 6. The van der Waals surface area contributed by atoms with E-state index in [0.29, 0.717) is 6.54 Å². The topological polar surface area (TPSA) is 29.9 Å². The number of halogens is 3. The van der Waals surface area contributed by atoms with Gasteiger partial charge in [-0.05, 0) is 25.5 Å². The second-order valence-electron chi connectivity index (χ2n) is 4.04. The summed E-state index contributed by atoms with van der Waals surface area (Å²) in [5.74, 6) is 0. The van der Waals surface area contributed by atoms with Crippen LogP contribution in [0.4, 0.5) is 13.2 Å². The lowest BCUT2D eigenvalue weighted by atomic mass is 10.1. The highest BCUT2D eigenvalue weighted by Gasteiger charge is 2.29. The first kappa shape index (κ1) is 14.0. The van der Waals surface area contributed by atoms with Gasteiger partial charge >= 0.3 is 6.18 Å². The van der Waals surface area contributed by atoms with Gasteiger partial charge in [-0.2, -0.15) is 18.3 Å². The molecule has 0 saturated heterocycles. The zero-order chi connectivity index (χ0) is 12.9. The predicted octanol–water partition coefficient (Wildman–Crippen LogP) is 2.80. The molecule has 1 aromatic rings. The number of alkyl halides is 3. The Balaban J connectivity index is 2.64. The van der Waals surface area contributed by atoms with Crippen LogP contribution in [0.1, 0.15) is 37.9 Å². The molecule has 0 spiro atoms. The van der Waals surface area contributed by atoms with E-state index in [9.17, 15) is 13.2 Å². The quantitative estimate of drug-likeness (QED) is 0.840. The molecular weight excluding hydrogens is 231 g/mol. The van der Waals surface area contributed by atoms with Crippen LogP contribution in [0.5, 0.6) is 0 Å². The first-order valence-electron chi connectivity index (χ1n) is 5.72. The number of nitrogens with zero attached hydrogens (tertiary/aromatic N) is 2. The van der Waals surface area contributed by atoms with Crippen molar-refractivity contribution in [2.45, 2.75) is 38.4 Å².